The Balaban J connectivity index is 1.89. The normalized spacial score (nSPS) is 10.6. The van der Waals surface area contributed by atoms with Crippen LogP contribution in [0.1, 0.15) is 60.2 Å². The van der Waals surface area contributed by atoms with Crippen LogP contribution in [0.25, 0.3) is 0 Å². The van der Waals surface area contributed by atoms with E-state index in [9.17, 15) is 9.59 Å². The number of hydrogen-bond donors (Lipinski definition) is 2. The molecule has 8 heteroatoms. The van der Waals surface area contributed by atoms with Crippen LogP contribution in [0.2, 0.25) is 0 Å². The van der Waals surface area contributed by atoms with Gasteiger partial charge in [-0.05, 0) is 78.3 Å². The molecule has 162 valence electrons. The molecular weight excluding hydrogens is 453 g/mol. The van der Waals surface area contributed by atoms with Gasteiger partial charge in [-0.1, -0.05) is 51.0 Å². The van der Waals surface area contributed by atoms with E-state index in [-0.39, 0.29) is 11.8 Å². The lowest BCUT2D eigenvalue weighted by Crippen LogP contribution is -2.24. The second-order valence-corrected chi connectivity index (χ2v) is 12.3. The van der Waals surface area contributed by atoms with Crippen LogP contribution in [0, 0.1) is 0 Å². The van der Waals surface area contributed by atoms with Crippen LogP contribution in [-0.2, 0) is 0 Å². The molecule has 0 aliphatic rings. The van der Waals surface area contributed by atoms with Crippen LogP contribution in [0.15, 0.2) is 58.3 Å². The highest BCUT2D eigenvalue weighted by atomic mass is 33.7. The molecule has 0 aliphatic carbocycles. The van der Waals surface area contributed by atoms with Crippen LogP contribution in [0.4, 0.5) is 0 Å². The Morgan fingerprint density at radius 2 is 1.10 bits per heavy atom. The van der Waals surface area contributed by atoms with E-state index in [4.69, 9.17) is 0 Å². The highest BCUT2D eigenvalue weighted by molar-refractivity contribution is 9.26. The van der Waals surface area contributed by atoms with Gasteiger partial charge >= 0.3 is 0 Å². The van der Waals surface area contributed by atoms with Crippen LogP contribution in [-0.4, -0.2) is 24.9 Å². The second-order valence-electron chi connectivity index (χ2n) is 6.51. The lowest BCUT2D eigenvalue weighted by atomic mass is 10.2. The molecular formula is C22H28N2O2S4. The number of benzene rings is 2. The van der Waals surface area contributed by atoms with E-state index in [1.165, 1.54) is 0 Å². The fraction of sp³-hybridized carbons (Fsp3) is 0.364. The van der Waals surface area contributed by atoms with Gasteiger partial charge < -0.3 is 10.6 Å². The summed E-state index contributed by atoms with van der Waals surface area (Å²) in [5, 5.41) is 5.96. The van der Waals surface area contributed by atoms with Gasteiger partial charge in [0.1, 0.15) is 0 Å². The number of unbranched alkanes of at least 4 members (excludes halogenated alkanes) is 2. The molecule has 30 heavy (non-hydrogen) atoms. The van der Waals surface area contributed by atoms with Crippen molar-refractivity contribution >= 4 is 53.1 Å². The largest absolute Gasteiger partial charge is 0.352 e. The molecule has 0 spiro atoms. The first-order chi connectivity index (χ1) is 14.7. The van der Waals surface area contributed by atoms with Gasteiger partial charge in [-0.25, -0.2) is 0 Å². The van der Waals surface area contributed by atoms with Gasteiger partial charge in [0.25, 0.3) is 11.8 Å². The Kier molecular flexibility index (Phi) is 12.3. The third-order valence-electron chi connectivity index (χ3n) is 4.17. The summed E-state index contributed by atoms with van der Waals surface area (Å²) in [7, 11) is 6.30. The van der Waals surface area contributed by atoms with E-state index < -0.39 is 0 Å². The first-order valence-corrected chi connectivity index (χ1v) is 14.9. The molecule has 2 rings (SSSR count). The number of hydrogen-bond acceptors (Lipinski definition) is 6. The minimum Gasteiger partial charge on any atom is -0.352 e. The van der Waals surface area contributed by atoms with Crippen molar-refractivity contribution in [1.29, 1.82) is 0 Å². The molecule has 0 heterocycles. The van der Waals surface area contributed by atoms with E-state index in [1.54, 1.807) is 41.2 Å². The summed E-state index contributed by atoms with van der Waals surface area (Å²) < 4.78 is 0. The van der Waals surface area contributed by atoms with Crippen molar-refractivity contribution in [2.45, 2.75) is 49.3 Å². The summed E-state index contributed by atoms with van der Waals surface area (Å²) in [5.41, 5.74) is 1.40. The Bertz CT molecular complexity index is 750. The SMILES string of the molecule is CCCCNC(=O)c1ccccc1SSSSc1ccccc1C(=O)NCCCC. The summed E-state index contributed by atoms with van der Waals surface area (Å²) >= 11 is 0. The Hall–Kier alpha value is -1.22. The average Bonchev–Trinajstić information content (AvgIpc) is 2.77. The van der Waals surface area contributed by atoms with Crippen LogP contribution in [0.5, 0.6) is 0 Å². The summed E-state index contributed by atoms with van der Waals surface area (Å²) in [5.74, 6) is -0.0576. The number of rotatable bonds is 13. The standard InChI is InChI=1S/C22H28N2O2S4/c1-3-5-15-23-21(25)17-11-7-9-13-19(17)27-29-30-28-20-14-10-8-12-18(20)22(26)24-16-6-4-2/h7-14H,3-6,15-16H2,1-2H3,(H,23,25)(H,24,26). The van der Waals surface area contributed by atoms with E-state index in [0.717, 1.165) is 35.5 Å². The molecule has 4 nitrogen and oxygen atoms in total. The van der Waals surface area contributed by atoms with Crippen molar-refractivity contribution in [2.75, 3.05) is 13.1 Å². The molecule has 0 bridgehead atoms. The van der Waals surface area contributed by atoms with Crippen molar-refractivity contribution in [3.63, 3.8) is 0 Å². The predicted octanol–water partition coefficient (Wildman–Crippen LogP) is 6.84. The molecule has 2 aromatic rings. The lowest BCUT2D eigenvalue weighted by molar-refractivity contribution is 0.0942. The highest BCUT2D eigenvalue weighted by Gasteiger charge is 2.13. The molecule has 0 saturated carbocycles. The van der Waals surface area contributed by atoms with Crippen molar-refractivity contribution in [3.05, 3.63) is 59.7 Å². The van der Waals surface area contributed by atoms with Gasteiger partial charge in [-0.15, -0.1) is 0 Å². The Morgan fingerprint density at radius 3 is 1.50 bits per heavy atom. The van der Waals surface area contributed by atoms with Crippen molar-refractivity contribution in [2.24, 2.45) is 0 Å². The van der Waals surface area contributed by atoms with Gasteiger partial charge in [0.05, 0.1) is 11.1 Å². The molecule has 0 aromatic heterocycles. The molecule has 0 fully saturated rings. The predicted molar refractivity (Wildman–Crippen MR) is 134 cm³/mol. The monoisotopic (exact) mass is 480 g/mol. The smallest absolute Gasteiger partial charge is 0.252 e. The summed E-state index contributed by atoms with van der Waals surface area (Å²) in [6.45, 7) is 5.61. The van der Waals surface area contributed by atoms with Crippen LogP contribution in [0.3, 0.4) is 0 Å². The zero-order valence-corrected chi connectivity index (χ0v) is 20.6. The van der Waals surface area contributed by atoms with Gasteiger partial charge in [-0.2, -0.15) is 0 Å². The fourth-order valence-corrected chi connectivity index (χ4v) is 8.27. The quantitative estimate of drug-likeness (QED) is 0.242. The summed E-state index contributed by atoms with van der Waals surface area (Å²) in [6, 6.07) is 15.3. The number of amides is 2. The minimum absolute atomic E-state index is 0.0288. The number of carbonyl (C=O) groups is 2. The molecule has 2 N–H and O–H groups in total. The van der Waals surface area contributed by atoms with E-state index in [1.807, 2.05) is 48.5 Å². The van der Waals surface area contributed by atoms with Gasteiger partial charge in [0.15, 0.2) is 0 Å². The molecule has 2 amide bonds. The maximum atomic E-state index is 12.4. The molecule has 0 saturated heterocycles. The summed E-state index contributed by atoms with van der Waals surface area (Å²) in [4.78, 5) is 26.7. The van der Waals surface area contributed by atoms with Gasteiger partial charge in [-0.3, -0.25) is 9.59 Å². The zero-order valence-electron chi connectivity index (χ0n) is 17.3. The maximum absolute atomic E-state index is 12.4. The first-order valence-electron chi connectivity index (χ1n) is 10.1. The van der Waals surface area contributed by atoms with Crippen molar-refractivity contribution in [1.82, 2.24) is 10.6 Å². The molecule has 0 radical (unpaired) electrons. The number of nitrogens with one attached hydrogen (secondary N) is 2. The summed E-state index contributed by atoms with van der Waals surface area (Å²) in [6.07, 6.45) is 4.07. The average molecular weight is 481 g/mol. The van der Waals surface area contributed by atoms with Gasteiger partial charge in [0, 0.05) is 22.9 Å². The molecule has 0 unspecified atom stereocenters. The fourth-order valence-electron chi connectivity index (χ4n) is 2.50. The van der Waals surface area contributed by atoms with Gasteiger partial charge in [0.2, 0.25) is 0 Å². The molecule has 2 aromatic carbocycles. The van der Waals surface area contributed by atoms with Crippen molar-refractivity contribution in [3.8, 4) is 0 Å². The van der Waals surface area contributed by atoms with E-state index in [2.05, 4.69) is 24.5 Å². The van der Waals surface area contributed by atoms with E-state index >= 15 is 0 Å². The first kappa shape index (κ1) is 25.0. The molecule has 0 aliphatic heterocycles. The van der Waals surface area contributed by atoms with Crippen LogP contribution >= 0.6 is 41.2 Å². The Labute approximate surface area is 194 Å². The number of carbonyl (C=O) groups excluding carboxylic acids is 2. The third kappa shape index (κ3) is 8.49. The third-order valence-corrected chi connectivity index (χ3v) is 10.3. The Morgan fingerprint density at radius 1 is 0.700 bits per heavy atom. The second kappa shape index (κ2) is 14.7. The molecule has 0 atom stereocenters. The van der Waals surface area contributed by atoms with Crippen molar-refractivity contribution < 1.29 is 9.59 Å². The lowest BCUT2D eigenvalue weighted by Gasteiger charge is -2.10. The van der Waals surface area contributed by atoms with Crippen LogP contribution < -0.4 is 10.6 Å². The topological polar surface area (TPSA) is 58.2 Å². The minimum atomic E-state index is -0.0288. The highest BCUT2D eigenvalue weighted by Crippen LogP contribution is 2.50. The zero-order chi connectivity index (χ0) is 21.6. The van der Waals surface area contributed by atoms with E-state index in [0.29, 0.717) is 24.2 Å². The maximum Gasteiger partial charge on any atom is 0.252 e.